The molecule has 0 bridgehead atoms. The second-order valence-electron chi connectivity index (χ2n) is 3.28. The Morgan fingerprint density at radius 3 is 2.47 bits per heavy atom. The van der Waals surface area contributed by atoms with Crippen LogP contribution in [0.4, 0.5) is 5.69 Å². The number of benzene rings is 1. The second kappa shape index (κ2) is 5.40. The van der Waals surface area contributed by atoms with E-state index in [0.29, 0.717) is 5.02 Å². The Morgan fingerprint density at radius 2 is 1.93 bits per heavy atom. The lowest BCUT2D eigenvalue weighted by molar-refractivity contribution is -0.111. The highest BCUT2D eigenvalue weighted by molar-refractivity contribution is 6.30. The van der Waals surface area contributed by atoms with Crippen molar-refractivity contribution in [3.63, 3.8) is 0 Å². The molecule has 0 saturated heterocycles. The Hall–Kier alpha value is -1.50. The summed E-state index contributed by atoms with van der Waals surface area (Å²) in [4.78, 5) is 11.3. The summed E-state index contributed by atoms with van der Waals surface area (Å²) in [6.07, 6.45) is 1.38. The molecule has 1 N–H and O–H groups in total. The summed E-state index contributed by atoms with van der Waals surface area (Å²) < 4.78 is 0. The van der Waals surface area contributed by atoms with Crippen LogP contribution in [-0.4, -0.2) is 5.91 Å². The van der Waals surface area contributed by atoms with E-state index < -0.39 is 0 Å². The van der Waals surface area contributed by atoms with E-state index in [0.717, 1.165) is 11.3 Å². The monoisotopic (exact) mass is 221 g/mol. The molecule has 1 amide bonds. The Balaban J connectivity index is 2.67. The van der Waals surface area contributed by atoms with Gasteiger partial charge in [0.05, 0.1) is 0 Å². The Bertz CT molecular complexity index is 410. The first-order valence-electron chi connectivity index (χ1n) is 4.54. The van der Waals surface area contributed by atoms with Crippen LogP contribution >= 0.6 is 11.6 Å². The van der Waals surface area contributed by atoms with Crippen LogP contribution in [0.3, 0.4) is 0 Å². The molecule has 1 aromatic rings. The van der Waals surface area contributed by atoms with Crippen molar-refractivity contribution < 1.29 is 4.79 Å². The molecule has 0 fully saturated rings. The lowest BCUT2D eigenvalue weighted by atomic mass is 10.3. The maximum absolute atomic E-state index is 11.3. The van der Waals surface area contributed by atoms with E-state index >= 15 is 0 Å². The van der Waals surface area contributed by atoms with Gasteiger partial charge in [0.1, 0.15) is 0 Å². The van der Waals surface area contributed by atoms with Crippen LogP contribution in [0, 0.1) is 0 Å². The van der Waals surface area contributed by atoms with Crippen LogP contribution in [0.5, 0.6) is 0 Å². The van der Waals surface area contributed by atoms with Gasteiger partial charge < -0.3 is 5.32 Å². The summed E-state index contributed by atoms with van der Waals surface area (Å²) in [5, 5.41) is 3.34. The van der Waals surface area contributed by atoms with Gasteiger partial charge in [0.2, 0.25) is 0 Å². The third-order valence-electron chi connectivity index (χ3n) is 1.60. The third-order valence-corrected chi connectivity index (χ3v) is 1.86. The summed E-state index contributed by atoms with van der Waals surface area (Å²) in [5.41, 5.74) is 4.51. The van der Waals surface area contributed by atoms with E-state index in [1.165, 1.54) is 6.08 Å². The van der Waals surface area contributed by atoms with Crippen molar-refractivity contribution in [3.05, 3.63) is 46.7 Å². The van der Waals surface area contributed by atoms with Gasteiger partial charge in [0.25, 0.3) is 5.91 Å². The summed E-state index contributed by atoms with van der Waals surface area (Å²) in [7, 11) is 0. The SMILES string of the molecule is CC(C)=C=CC(=O)Nc1ccc(Cl)cc1. The van der Waals surface area contributed by atoms with Crippen molar-refractivity contribution in [1.29, 1.82) is 0 Å². The predicted octanol–water partition coefficient (Wildman–Crippen LogP) is 3.40. The molecule has 0 saturated carbocycles. The molecule has 0 heterocycles. The number of nitrogens with one attached hydrogen (secondary N) is 1. The van der Waals surface area contributed by atoms with Crippen LogP contribution in [0.1, 0.15) is 13.8 Å². The van der Waals surface area contributed by atoms with E-state index in [2.05, 4.69) is 11.0 Å². The summed E-state index contributed by atoms with van der Waals surface area (Å²) in [6, 6.07) is 6.94. The highest BCUT2D eigenvalue weighted by atomic mass is 35.5. The average molecular weight is 222 g/mol. The van der Waals surface area contributed by atoms with E-state index in [-0.39, 0.29) is 5.91 Å². The first-order chi connectivity index (χ1) is 7.08. The quantitative estimate of drug-likeness (QED) is 0.602. The third kappa shape index (κ3) is 4.50. The fourth-order valence-corrected chi connectivity index (χ4v) is 1.05. The fourth-order valence-electron chi connectivity index (χ4n) is 0.921. The van der Waals surface area contributed by atoms with Gasteiger partial charge in [-0.25, -0.2) is 0 Å². The van der Waals surface area contributed by atoms with E-state index in [1.807, 2.05) is 13.8 Å². The number of halogens is 1. The molecule has 0 aliphatic rings. The molecule has 3 heteroatoms. The molecule has 0 atom stereocenters. The molecule has 0 radical (unpaired) electrons. The average Bonchev–Trinajstić information content (AvgIpc) is 2.19. The molecule has 1 aromatic carbocycles. The Morgan fingerprint density at radius 1 is 1.33 bits per heavy atom. The number of anilines is 1. The first kappa shape index (κ1) is 11.6. The molecule has 2 nitrogen and oxygen atoms in total. The predicted molar refractivity (Wildman–Crippen MR) is 63.0 cm³/mol. The highest BCUT2D eigenvalue weighted by Gasteiger charge is 1.96. The summed E-state index contributed by atoms with van der Waals surface area (Å²) in [6.45, 7) is 3.76. The minimum Gasteiger partial charge on any atom is -0.322 e. The van der Waals surface area contributed by atoms with Crippen molar-refractivity contribution in [2.45, 2.75) is 13.8 Å². The van der Waals surface area contributed by atoms with Gasteiger partial charge >= 0.3 is 0 Å². The topological polar surface area (TPSA) is 29.1 Å². The number of hydrogen-bond donors (Lipinski definition) is 1. The smallest absolute Gasteiger partial charge is 0.256 e. The number of rotatable bonds is 2. The van der Waals surface area contributed by atoms with Gasteiger partial charge in [-0.2, -0.15) is 0 Å². The molecule has 0 spiro atoms. The molecule has 0 aromatic heterocycles. The van der Waals surface area contributed by atoms with Crippen LogP contribution < -0.4 is 5.32 Å². The van der Waals surface area contributed by atoms with Crippen LogP contribution in [0.2, 0.25) is 5.02 Å². The van der Waals surface area contributed by atoms with Crippen molar-refractivity contribution >= 4 is 23.2 Å². The number of carbonyl (C=O) groups excluding carboxylic acids is 1. The molecule has 78 valence electrons. The van der Waals surface area contributed by atoms with Gasteiger partial charge in [-0.05, 0) is 43.7 Å². The molecule has 0 aliphatic heterocycles. The highest BCUT2D eigenvalue weighted by Crippen LogP contribution is 2.13. The first-order valence-corrected chi connectivity index (χ1v) is 4.92. The van der Waals surface area contributed by atoms with Crippen LogP contribution in [-0.2, 0) is 4.79 Å². The van der Waals surface area contributed by atoms with Gasteiger partial charge in [-0.15, -0.1) is 5.73 Å². The van der Waals surface area contributed by atoms with Gasteiger partial charge in [-0.1, -0.05) is 11.6 Å². The number of carbonyl (C=O) groups is 1. The van der Waals surface area contributed by atoms with Crippen molar-refractivity contribution in [2.24, 2.45) is 0 Å². The molecular formula is C12H12ClNO. The normalized spacial score (nSPS) is 9.00. The largest absolute Gasteiger partial charge is 0.322 e. The molecular weight excluding hydrogens is 210 g/mol. The van der Waals surface area contributed by atoms with Gasteiger partial charge in [0.15, 0.2) is 0 Å². The minimum atomic E-state index is -0.196. The maximum Gasteiger partial charge on any atom is 0.256 e. The minimum absolute atomic E-state index is 0.196. The number of hydrogen-bond acceptors (Lipinski definition) is 1. The Labute approximate surface area is 94.3 Å². The molecule has 15 heavy (non-hydrogen) atoms. The zero-order valence-electron chi connectivity index (χ0n) is 8.67. The van der Waals surface area contributed by atoms with E-state index in [9.17, 15) is 4.79 Å². The molecule has 0 unspecified atom stereocenters. The van der Waals surface area contributed by atoms with Gasteiger partial charge in [0, 0.05) is 16.8 Å². The van der Waals surface area contributed by atoms with Crippen LogP contribution in [0.25, 0.3) is 0 Å². The second-order valence-corrected chi connectivity index (χ2v) is 3.72. The molecule has 0 aliphatic carbocycles. The maximum atomic E-state index is 11.3. The van der Waals surface area contributed by atoms with Crippen molar-refractivity contribution in [3.8, 4) is 0 Å². The van der Waals surface area contributed by atoms with Gasteiger partial charge in [-0.3, -0.25) is 4.79 Å². The Kier molecular flexibility index (Phi) is 4.17. The number of amides is 1. The summed E-state index contributed by atoms with van der Waals surface area (Å²) >= 11 is 5.71. The van der Waals surface area contributed by atoms with E-state index in [1.54, 1.807) is 24.3 Å². The lowest BCUT2D eigenvalue weighted by Gasteiger charge is -2.00. The zero-order valence-corrected chi connectivity index (χ0v) is 9.43. The fraction of sp³-hybridized carbons (Fsp3) is 0.167. The summed E-state index contributed by atoms with van der Waals surface area (Å²) in [5.74, 6) is -0.196. The lowest BCUT2D eigenvalue weighted by Crippen LogP contribution is -2.07. The molecule has 1 rings (SSSR count). The standard InChI is InChI=1S/C12H12ClNO/c1-9(2)3-8-12(15)14-11-6-4-10(13)5-7-11/h4-8H,1-2H3,(H,14,15). The van der Waals surface area contributed by atoms with E-state index in [4.69, 9.17) is 11.6 Å². The zero-order chi connectivity index (χ0) is 11.3. The van der Waals surface area contributed by atoms with Crippen molar-refractivity contribution in [2.75, 3.05) is 5.32 Å². The van der Waals surface area contributed by atoms with Crippen molar-refractivity contribution in [1.82, 2.24) is 0 Å². The van der Waals surface area contributed by atoms with Crippen LogP contribution in [0.15, 0.2) is 41.6 Å².